The van der Waals surface area contributed by atoms with E-state index in [4.69, 9.17) is 9.84 Å². The van der Waals surface area contributed by atoms with Crippen molar-refractivity contribution < 1.29 is 19.0 Å². The average molecular weight is 262 g/mol. The zero-order valence-corrected chi connectivity index (χ0v) is 10.0. The highest BCUT2D eigenvalue weighted by Gasteiger charge is 2.26. The van der Waals surface area contributed by atoms with Crippen molar-refractivity contribution in [2.75, 3.05) is 6.54 Å². The maximum absolute atomic E-state index is 13.5. The number of hydrogen-bond acceptors (Lipinski definition) is 3. The highest BCUT2D eigenvalue weighted by molar-refractivity contribution is 5.85. The van der Waals surface area contributed by atoms with E-state index in [9.17, 15) is 9.18 Å². The Labute approximate surface area is 104 Å². The van der Waals surface area contributed by atoms with Crippen LogP contribution in [-0.4, -0.2) is 17.8 Å². The van der Waals surface area contributed by atoms with Crippen molar-refractivity contribution in [3.63, 3.8) is 0 Å². The van der Waals surface area contributed by atoms with Gasteiger partial charge in [-0.15, -0.1) is 12.4 Å². The molecule has 0 radical (unpaired) electrons. The van der Waals surface area contributed by atoms with Crippen LogP contribution in [-0.2, 0) is 11.2 Å². The lowest BCUT2D eigenvalue weighted by molar-refractivity contribution is 0.0326. The van der Waals surface area contributed by atoms with Crippen molar-refractivity contribution >= 4 is 18.6 Å². The third-order valence-electron chi connectivity index (χ3n) is 2.70. The minimum Gasteiger partial charge on any atom is -0.450 e. The first-order valence-corrected chi connectivity index (χ1v) is 5.00. The zero-order valence-electron chi connectivity index (χ0n) is 9.20. The fourth-order valence-electron chi connectivity index (χ4n) is 2.01. The van der Waals surface area contributed by atoms with Gasteiger partial charge in [-0.25, -0.2) is 9.18 Å². The van der Waals surface area contributed by atoms with Gasteiger partial charge in [-0.2, -0.15) is 0 Å². The van der Waals surface area contributed by atoms with Crippen LogP contribution in [0.4, 0.5) is 9.18 Å². The third-order valence-corrected chi connectivity index (χ3v) is 2.70. The van der Waals surface area contributed by atoms with Crippen LogP contribution in [0.25, 0.3) is 0 Å². The van der Waals surface area contributed by atoms with Gasteiger partial charge in [-0.3, -0.25) is 5.32 Å². The van der Waals surface area contributed by atoms with Crippen LogP contribution >= 0.6 is 12.4 Å². The Morgan fingerprint density at radius 3 is 2.94 bits per heavy atom. The highest BCUT2D eigenvalue weighted by Crippen LogP contribution is 2.29. The van der Waals surface area contributed by atoms with Gasteiger partial charge in [0, 0.05) is 12.1 Å². The lowest BCUT2D eigenvalue weighted by Crippen LogP contribution is -2.34. The summed E-state index contributed by atoms with van der Waals surface area (Å²) in [6.45, 7) is 2.31. The van der Waals surface area contributed by atoms with Gasteiger partial charge in [0.2, 0.25) is 0 Å². The largest absolute Gasteiger partial charge is 0.507 e. The smallest absolute Gasteiger partial charge is 0.450 e. The van der Waals surface area contributed by atoms with Crippen molar-refractivity contribution in [2.45, 2.75) is 19.6 Å². The molecule has 0 saturated heterocycles. The summed E-state index contributed by atoms with van der Waals surface area (Å²) in [4.78, 5) is 10.5. The number of carboxylic acid groups (broad SMARTS) is 1. The molecule has 2 rings (SSSR count). The van der Waals surface area contributed by atoms with Crippen LogP contribution in [0.15, 0.2) is 12.1 Å². The number of carbonyl (C=O) groups is 1. The standard InChI is InChI=1S/C11H12FNO3.ClH/c1-6-2-3-8(12)7-4-5-13-10(9(6)7)16-11(14)15;/h2-3,10,13H,4-5H2,1H3,(H,14,15);1H. The predicted molar refractivity (Wildman–Crippen MR) is 61.9 cm³/mol. The lowest BCUT2D eigenvalue weighted by Gasteiger charge is -2.27. The van der Waals surface area contributed by atoms with Gasteiger partial charge in [0.1, 0.15) is 5.82 Å². The molecule has 0 spiro atoms. The normalized spacial score (nSPS) is 17.9. The second-order valence-electron chi connectivity index (χ2n) is 3.72. The molecule has 1 aliphatic heterocycles. The maximum atomic E-state index is 13.5. The summed E-state index contributed by atoms with van der Waals surface area (Å²) in [6.07, 6.45) is -1.59. The zero-order chi connectivity index (χ0) is 11.7. The summed E-state index contributed by atoms with van der Waals surface area (Å²) in [7, 11) is 0. The molecule has 1 aliphatic rings. The minimum atomic E-state index is -1.37. The van der Waals surface area contributed by atoms with E-state index in [1.54, 1.807) is 6.07 Å². The number of benzene rings is 1. The van der Waals surface area contributed by atoms with Gasteiger partial charge >= 0.3 is 6.16 Å². The van der Waals surface area contributed by atoms with Gasteiger partial charge < -0.3 is 9.84 Å². The van der Waals surface area contributed by atoms with Crippen LogP contribution in [0.1, 0.15) is 22.9 Å². The predicted octanol–water partition coefficient (Wildman–Crippen LogP) is 2.39. The summed E-state index contributed by atoms with van der Waals surface area (Å²) in [5, 5.41) is 11.5. The second-order valence-corrected chi connectivity index (χ2v) is 3.72. The Morgan fingerprint density at radius 2 is 2.29 bits per heavy atom. The Kier molecular flexibility index (Phi) is 4.31. The van der Waals surface area contributed by atoms with Crippen molar-refractivity contribution in [2.24, 2.45) is 0 Å². The van der Waals surface area contributed by atoms with Crippen LogP contribution in [0.3, 0.4) is 0 Å². The summed E-state index contributed by atoms with van der Waals surface area (Å²) in [5.74, 6) is -0.305. The van der Waals surface area contributed by atoms with E-state index in [2.05, 4.69) is 5.32 Å². The molecule has 6 heteroatoms. The van der Waals surface area contributed by atoms with Crippen LogP contribution in [0, 0.1) is 12.7 Å². The molecule has 4 nitrogen and oxygen atoms in total. The number of nitrogens with one attached hydrogen (secondary N) is 1. The first kappa shape index (κ1) is 13.7. The Hall–Kier alpha value is -1.33. The molecule has 1 atom stereocenters. The SMILES string of the molecule is Cc1ccc(F)c2c1C(OC(=O)O)NCC2.Cl. The molecule has 1 unspecified atom stereocenters. The molecular formula is C11H13ClFNO3. The van der Waals surface area contributed by atoms with E-state index in [1.807, 2.05) is 6.92 Å². The van der Waals surface area contributed by atoms with Gasteiger partial charge in [-0.05, 0) is 30.5 Å². The van der Waals surface area contributed by atoms with E-state index in [0.717, 1.165) is 5.56 Å². The van der Waals surface area contributed by atoms with Gasteiger partial charge in [0.05, 0.1) is 0 Å². The molecule has 0 bridgehead atoms. The van der Waals surface area contributed by atoms with Crippen LogP contribution < -0.4 is 5.32 Å². The summed E-state index contributed by atoms with van der Waals surface area (Å²) in [6, 6.07) is 3.02. The topological polar surface area (TPSA) is 58.6 Å². The first-order chi connectivity index (χ1) is 7.59. The average Bonchev–Trinajstić information content (AvgIpc) is 2.23. The van der Waals surface area contributed by atoms with Gasteiger partial charge in [-0.1, -0.05) is 6.07 Å². The van der Waals surface area contributed by atoms with Crippen molar-refractivity contribution in [3.8, 4) is 0 Å². The molecule has 17 heavy (non-hydrogen) atoms. The third kappa shape index (κ3) is 2.68. The molecule has 1 heterocycles. The second kappa shape index (κ2) is 5.33. The van der Waals surface area contributed by atoms with Crippen molar-refractivity contribution in [3.05, 3.63) is 34.6 Å². The fraction of sp³-hybridized carbons (Fsp3) is 0.364. The Bertz CT molecular complexity index is 439. The quantitative estimate of drug-likeness (QED) is 0.762. The molecule has 0 fully saturated rings. The van der Waals surface area contributed by atoms with Gasteiger partial charge in [0.25, 0.3) is 0 Å². The van der Waals surface area contributed by atoms with E-state index >= 15 is 0 Å². The molecule has 0 amide bonds. The monoisotopic (exact) mass is 261 g/mol. The summed E-state index contributed by atoms with van der Waals surface area (Å²) in [5.41, 5.74) is 1.98. The highest BCUT2D eigenvalue weighted by atomic mass is 35.5. The molecule has 2 N–H and O–H groups in total. The Balaban J connectivity index is 0.00000144. The first-order valence-electron chi connectivity index (χ1n) is 5.00. The number of halogens is 2. The van der Waals surface area contributed by atoms with E-state index in [1.165, 1.54) is 6.07 Å². The Morgan fingerprint density at radius 1 is 1.59 bits per heavy atom. The summed E-state index contributed by atoms with van der Waals surface area (Å²) >= 11 is 0. The number of aryl methyl sites for hydroxylation is 1. The molecular weight excluding hydrogens is 249 g/mol. The fourth-order valence-corrected chi connectivity index (χ4v) is 2.01. The molecule has 1 aromatic carbocycles. The maximum Gasteiger partial charge on any atom is 0.507 e. The van der Waals surface area contributed by atoms with Crippen molar-refractivity contribution in [1.82, 2.24) is 5.32 Å². The molecule has 0 aliphatic carbocycles. The van der Waals surface area contributed by atoms with Crippen LogP contribution in [0.5, 0.6) is 0 Å². The molecule has 0 aromatic heterocycles. The number of fused-ring (bicyclic) bond motifs is 1. The minimum absolute atomic E-state index is 0. The van der Waals surface area contributed by atoms with Crippen molar-refractivity contribution in [1.29, 1.82) is 0 Å². The molecule has 94 valence electrons. The lowest BCUT2D eigenvalue weighted by atomic mass is 9.94. The van der Waals surface area contributed by atoms with E-state index in [0.29, 0.717) is 24.1 Å². The van der Waals surface area contributed by atoms with Gasteiger partial charge in [0.15, 0.2) is 6.23 Å². The van der Waals surface area contributed by atoms with E-state index < -0.39 is 12.4 Å². The summed E-state index contributed by atoms with van der Waals surface area (Å²) < 4.78 is 18.2. The number of rotatable bonds is 1. The number of hydrogen-bond donors (Lipinski definition) is 2. The van der Waals surface area contributed by atoms with Crippen LogP contribution in [0.2, 0.25) is 0 Å². The molecule has 1 aromatic rings. The van der Waals surface area contributed by atoms with E-state index in [-0.39, 0.29) is 18.2 Å². The molecule has 0 saturated carbocycles. The number of ether oxygens (including phenoxy) is 1.